The van der Waals surface area contributed by atoms with E-state index in [1.165, 1.54) is 19.3 Å². The van der Waals surface area contributed by atoms with Crippen LogP contribution in [0.2, 0.25) is 0 Å². The van der Waals surface area contributed by atoms with Gasteiger partial charge in [0.15, 0.2) is 0 Å². The SMILES string of the molecule is CCN1CC(=O)N(CCC2CCCCN2)CC1=O. The molecule has 0 radical (unpaired) electrons. The zero-order valence-corrected chi connectivity index (χ0v) is 11.2. The van der Waals surface area contributed by atoms with Crippen molar-refractivity contribution in [1.29, 1.82) is 0 Å². The summed E-state index contributed by atoms with van der Waals surface area (Å²) in [6.45, 7) is 4.85. The van der Waals surface area contributed by atoms with E-state index in [1.807, 2.05) is 6.92 Å². The number of nitrogens with one attached hydrogen (secondary N) is 1. The van der Waals surface area contributed by atoms with Crippen LogP contribution in [0.1, 0.15) is 32.6 Å². The van der Waals surface area contributed by atoms with E-state index >= 15 is 0 Å². The summed E-state index contributed by atoms with van der Waals surface area (Å²) in [7, 11) is 0. The molecule has 2 amide bonds. The van der Waals surface area contributed by atoms with Crippen LogP contribution >= 0.6 is 0 Å². The summed E-state index contributed by atoms with van der Waals surface area (Å²) in [4.78, 5) is 27.0. The van der Waals surface area contributed by atoms with Crippen molar-refractivity contribution in [2.75, 3.05) is 32.7 Å². The summed E-state index contributed by atoms with van der Waals surface area (Å²) < 4.78 is 0. The van der Waals surface area contributed by atoms with Crippen LogP contribution < -0.4 is 5.32 Å². The molecule has 2 heterocycles. The van der Waals surface area contributed by atoms with E-state index in [1.54, 1.807) is 9.80 Å². The zero-order chi connectivity index (χ0) is 13.0. The second-order valence-electron chi connectivity index (χ2n) is 5.16. The lowest BCUT2D eigenvalue weighted by atomic mass is 10.0. The van der Waals surface area contributed by atoms with Crippen LogP contribution in [-0.2, 0) is 9.59 Å². The van der Waals surface area contributed by atoms with Crippen LogP contribution in [0, 0.1) is 0 Å². The first-order valence-electron chi connectivity index (χ1n) is 6.99. The molecular weight excluding hydrogens is 230 g/mol. The van der Waals surface area contributed by atoms with Gasteiger partial charge in [-0.05, 0) is 32.7 Å². The third-order valence-corrected chi connectivity index (χ3v) is 3.90. The number of rotatable bonds is 4. The minimum atomic E-state index is 0.0775. The summed E-state index contributed by atoms with van der Waals surface area (Å²) in [5.41, 5.74) is 0. The molecule has 2 aliphatic rings. The average Bonchev–Trinajstić information content (AvgIpc) is 2.40. The lowest BCUT2D eigenvalue weighted by Crippen LogP contribution is -2.54. The third-order valence-electron chi connectivity index (χ3n) is 3.90. The largest absolute Gasteiger partial charge is 0.332 e. The molecule has 102 valence electrons. The van der Waals surface area contributed by atoms with E-state index in [4.69, 9.17) is 0 Å². The highest BCUT2D eigenvalue weighted by atomic mass is 16.2. The van der Waals surface area contributed by atoms with Crippen LogP contribution in [0.4, 0.5) is 0 Å². The number of piperazine rings is 1. The molecule has 0 spiro atoms. The van der Waals surface area contributed by atoms with Gasteiger partial charge in [-0.25, -0.2) is 0 Å². The maximum atomic E-state index is 11.9. The number of carbonyl (C=O) groups is 2. The predicted molar refractivity (Wildman–Crippen MR) is 69.1 cm³/mol. The van der Waals surface area contributed by atoms with Gasteiger partial charge in [0.05, 0.1) is 13.1 Å². The molecule has 0 saturated carbocycles. The number of nitrogens with zero attached hydrogens (tertiary/aromatic N) is 2. The number of carbonyl (C=O) groups excluding carboxylic acids is 2. The Morgan fingerprint density at radius 1 is 1.17 bits per heavy atom. The zero-order valence-electron chi connectivity index (χ0n) is 11.2. The lowest BCUT2D eigenvalue weighted by Gasteiger charge is -2.34. The highest BCUT2D eigenvalue weighted by molar-refractivity contribution is 5.92. The molecule has 2 aliphatic heterocycles. The number of amides is 2. The van der Waals surface area contributed by atoms with E-state index in [2.05, 4.69) is 5.32 Å². The Hall–Kier alpha value is -1.10. The van der Waals surface area contributed by atoms with E-state index in [-0.39, 0.29) is 24.9 Å². The molecular formula is C13H23N3O2. The first kappa shape index (κ1) is 13.3. The Kier molecular flexibility index (Phi) is 4.58. The maximum Gasteiger partial charge on any atom is 0.242 e. The molecule has 0 aromatic heterocycles. The Balaban J connectivity index is 1.78. The predicted octanol–water partition coefficient (Wildman–Crippen LogP) is 0.209. The third kappa shape index (κ3) is 3.22. The number of piperidine rings is 1. The van der Waals surface area contributed by atoms with E-state index in [0.29, 0.717) is 19.1 Å². The molecule has 1 N–H and O–H groups in total. The van der Waals surface area contributed by atoms with Crippen molar-refractivity contribution in [3.63, 3.8) is 0 Å². The number of hydrogen-bond donors (Lipinski definition) is 1. The van der Waals surface area contributed by atoms with E-state index < -0.39 is 0 Å². The normalized spacial score (nSPS) is 25.7. The van der Waals surface area contributed by atoms with Gasteiger partial charge >= 0.3 is 0 Å². The van der Waals surface area contributed by atoms with Gasteiger partial charge in [-0.1, -0.05) is 6.42 Å². The highest BCUT2D eigenvalue weighted by Gasteiger charge is 2.28. The number of hydrogen-bond acceptors (Lipinski definition) is 3. The quantitative estimate of drug-likeness (QED) is 0.779. The van der Waals surface area contributed by atoms with Gasteiger partial charge in [-0.3, -0.25) is 9.59 Å². The Bertz CT molecular complexity index is 313. The van der Waals surface area contributed by atoms with Crippen LogP contribution in [0.3, 0.4) is 0 Å². The molecule has 5 nitrogen and oxygen atoms in total. The molecule has 0 aromatic carbocycles. The smallest absolute Gasteiger partial charge is 0.242 e. The van der Waals surface area contributed by atoms with Crippen LogP contribution in [0.15, 0.2) is 0 Å². The van der Waals surface area contributed by atoms with Crippen molar-refractivity contribution >= 4 is 11.8 Å². The molecule has 18 heavy (non-hydrogen) atoms. The van der Waals surface area contributed by atoms with Crippen molar-refractivity contribution < 1.29 is 9.59 Å². The Morgan fingerprint density at radius 3 is 2.56 bits per heavy atom. The van der Waals surface area contributed by atoms with E-state index in [9.17, 15) is 9.59 Å². The molecule has 2 fully saturated rings. The summed E-state index contributed by atoms with van der Waals surface area (Å²) >= 11 is 0. The minimum absolute atomic E-state index is 0.0775. The average molecular weight is 253 g/mol. The van der Waals surface area contributed by atoms with Crippen molar-refractivity contribution in [1.82, 2.24) is 15.1 Å². The van der Waals surface area contributed by atoms with Crippen LogP contribution in [-0.4, -0.2) is 60.4 Å². The fourth-order valence-electron chi connectivity index (χ4n) is 2.68. The molecule has 0 aromatic rings. The van der Waals surface area contributed by atoms with Crippen molar-refractivity contribution in [2.45, 2.75) is 38.6 Å². The van der Waals surface area contributed by atoms with Gasteiger partial charge in [-0.15, -0.1) is 0 Å². The van der Waals surface area contributed by atoms with Crippen molar-refractivity contribution in [3.05, 3.63) is 0 Å². The summed E-state index contributed by atoms with van der Waals surface area (Å²) in [6, 6.07) is 0.519. The maximum absolute atomic E-state index is 11.9. The second-order valence-corrected chi connectivity index (χ2v) is 5.16. The lowest BCUT2D eigenvalue weighted by molar-refractivity contribution is -0.149. The monoisotopic (exact) mass is 253 g/mol. The van der Waals surface area contributed by atoms with Gasteiger partial charge in [-0.2, -0.15) is 0 Å². The molecule has 2 rings (SSSR count). The van der Waals surface area contributed by atoms with Gasteiger partial charge in [0.25, 0.3) is 0 Å². The summed E-state index contributed by atoms with van der Waals surface area (Å²) in [6.07, 6.45) is 4.68. The van der Waals surface area contributed by atoms with Crippen LogP contribution in [0.25, 0.3) is 0 Å². The first-order chi connectivity index (χ1) is 8.70. The standard InChI is InChI=1S/C13H23N3O2/c1-2-15-9-13(18)16(10-12(15)17)8-6-11-5-3-4-7-14-11/h11,14H,2-10H2,1H3. The molecule has 0 aliphatic carbocycles. The fraction of sp³-hybridized carbons (Fsp3) is 0.846. The minimum Gasteiger partial charge on any atom is -0.332 e. The molecule has 1 atom stereocenters. The van der Waals surface area contributed by atoms with Crippen molar-refractivity contribution in [2.24, 2.45) is 0 Å². The van der Waals surface area contributed by atoms with Crippen LogP contribution in [0.5, 0.6) is 0 Å². The van der Waals surface area contributed by atoms with Crippen molar-refractivity contribution in [3.8, 4) is 0 Å². The molecule has 1 unspecified atom stereocenters. The van der Waals surface area contributed by atoms with Gasteiger partial charge in [0, 0.05) is 19.1 Å². The molecule has 5 heteroatoms. The van der Waals surface area contributed by atoms with Gasteiger partial charge < -0.3 is 15.1 Å². The van der Waals surface area contributed by atoms with E-state index in [0.717, 1.165) is 13.0 Å². The summed E-state index contributed by atoms with van der Waals surface area (Å²) in [5.74, 6) is 0.168. The topological polar surface area (TPSA) is 52.7 Å². The van der Waals surface area contributed by atoms with Gasteiger partial charge in [0.2, 0.25) is 11.8 Å². The Labute approximate surface area is 108 Å². The highest BCUT2D eigenvalue weighted by Crippen LogP contribution is 2.12. The fourth-order valence-corrected chi connectivity index (χ4v) is 2.68. The molecule has 0 bridgehead atoms. The Morgan fingerprint density at radius 2 is 1.89 bits per heavy atom. The molecule has 2 saturated heterocycles. The second kappa shape index (κ2) is 6.18. The number of likely N-dealkylation sites (N-methyl/N-ethyl adjacent to an activating group) is 1. The first-order valence-corrected chi connectivity index (χ1v) is 6.99. The summed E-state index contributed by atoms with van der Waals surface area (Å²) in [5, 5.41) is 3.47. The van der Waals surface area contributed by atoms with Gasteiger partial charge in [0.1, 0.15) is 0 Å².